The molecule has 0 spiro atoms. The monoisotopic (exact) mass is 451 g/mol. The lowest BCUT2D eigenvalue weighted by atomic mass is 10.1. The summed E-state index contributed by atoms with van der Waals surface area (Å²) in [5.41, 5.74) is 4.33. The number of aromatic amines is 1. The first kappa shape index (κ1) is 19.8. The highest BCUT2D eigenvalue weighted by atomic mass is 32.1. The van der Waals surface area contributed by atoms with Gasteiger partial charge in [0.1, 0.15) is 6.04 Å². The zero-order valence-electron chi connectivity index (χ0n) is 18.0. The molecule has 0 bridgehead atoms. The molecule has 0 saturated carbocycles. The van der Waals surface area contributed by atoms with Crippen molar-refractivity contribution in [1.82, 2.24) is 19.9 Å². The van der Waals surface area contributed by atoms with E-state index in [4.69, 9.17) is 0 Å². The highest BCUT2D eigenvalue weighted by Crippen LogP contribution is 2.41. The number of pyridine rings is 2. The van der Waals surface area contributed by atoms with Gasteiger partial charge in [-0.25, -0.2) is 9.97 Å². The average molecular weight is 452 g/mol. The van der Waals surface area contributed by atoms with Crippen molar-refractivity contribution in [1.29, 1.82) is 0 Å². The Kier molecular flexibility index (Phi) is 4.77. The van der Waals surface area contributed by atoms with Crippen LogP contribution in [0.3, 0.4) is 0 Å². The molecular formula is C26H21N5OS. The topological polar surface area (TPSA) is 74.8 Å². The standard InChI is InChI=1S/C26H21N5OS/c1-2-17-10-11-22(33-17)24-23-19(25(32)18-7-3-4-9-21(18)30-23)15-31(24)26-28-13-16(14-29-26)20-8-5-6-12-27-20/h3-14,24H,2,15H2,1H3,(H,30,32)/t24-/m1/s1. The second kappa shape index (κ2) is 7.94. The van der Waals surface area contributed by atoms with Crippen molar-refractivity contribution in [3.63, 3.8) is 0 Å². The van der Waals surface area contributed by atoms with Crippen LogP contribution in [0.2, 0.25) is 0 Å². The summed E-state index contributed by atoms with van der Waals surface area (Å²) in [4.78, 5) is 35.3. The third kappa shape index (κ3) is 3.32. The number of aryl methyl sites for hydroxylation is 1. The van der Waals surface area contributed by atoms with Gasteiger partial charge in [-0.3, -0.25) is 9.78 Å². The second-order valence-electron chi connectivity index (χ2n) is 8.07. The highest BCUT2D eigenvalue weighted by molar-refractivity contribution is 7.12. The minimum Gasteiger partial charge on any atom is -0.356 e. The molecular weight excluding hydrogens is 430 g/mol. The van der Waals surface area contributed by atoms with Gasteiger partial charge in [0, 0.05) is 50.4 Å². The fourth-order valence-electron chi connectivity index (χ4n) is 4.45. The van der Waals surface area contributed by atoms with Crippen LogP contribution in [0.5, 0.6) is 0 Å². The molecule has 7 heteroatoms. The third-order valence-electron chi connectivity index (χ3n) is 6.11. The predicted molar refractivity (Wildman–Crippen MR) is 132 cm³/mol. The van der Waals surface area contributed by atoms with Gasteiger partial charge in [0.05, 0.1) is 17.9 Å². The molecule has 1 aromatic carbocycles. The number of thiophene rings is 1. The van der Waals surface area contributed by atoms with Crippen LogP contribution in [0.1, 0.15) is 34.0 Å². The Morgan fingerprint density at radius 2 is 1.85 bits per heavy atom. The average Bonchev–Trinajstić information content (AvgIpc) is 3.49. The Balaban J connectivity index is 1.48. The van der Waals surface area contributed by atoms with Crippen molar-refractivity contribution < 1.29 is 0 Å². The lowest BCUT2D eigenvalue weighted by molar-refractivity contribution is 0.739. The Bertz CT molecular complexity index is 1510. The maximum Gasteiger partial charge on any atom is 0.226 e. The van der Waals surface area contributed by atoms with Gasteiger partial charge in [-0.05, 0) is 42.8 Å². The van der Waals surface area contributed by atoms with Crippen LogP contribution in [-0.2, 0) is 13.0 Å². The van der Waals surface area contributed by atoms with Crippen molar-refractivity contribution in [3.8, 4) is 11.3 Å². The van der Waals surface area contributed by atoms with Gasteiger partial charge in [-0.15, -0.1) is 11.3 Å². The van der Waals surface area contributed by atoms with E-state index in [0.717, 1.165) is 34.5 Å². The van der Waals surface area contributed by atoms with Gasteiger partial charge < -0.3 is 9.88 Å². The Morgan fingerprint density at radius 3 is 2.61 bits per heavy atom. The first-order valence-corrected chi connectivity index (χ1v) is 11.8. The molecule has 33 heavy (non-hydrogen) atoms. The molecule has 6 nitrogen and oxygen atoms in total. The van der Waals surface area contributed by atoms with Gasteiger partial charge in [0.15, 0.2) is 5.43 Å². The van der Waals surface area contributed by atoms with E-state index in [9.17, 15) is 4.79 Å². The Labute approximate surface area is 194 Å². The largest absolute Gasteiger partial charge is 0.356 e. The molecule has 5 aromatic rings. The van der Waals surface area contributed by atoms with Crippen LogP contribution in [0.25, 0.3) is 22.2 Å². The summed E-state index contributed by atoms with van der Waals surface area (Å²) in [6.07, 6.45) is 6.34. The molecule has 1 aliphatic heterocycles. The quantitative estimate of drug-likeness (QED) is 0.411. The van der Waals surface area contributed by atoms with Crippen LogP contribution in [0.4, 0.5) is 5.95 Å². The molecule has 0 saturated heterocycles. The second-order valence-corrected chi connectivity index (χ2v) is 9.27. The van der Waals surface area contributed by atoms with E-state index < -0.39 is 0 Å². The Hall–Kier alpha value is -3.84. The van der Waals surface area contributed by atoms with Gasteiger partial charge in [0.25, 0.3) is 0 Å². The minimum atomic E-state index is -0.136. The normalized spacial score (nSPS) is 15.2. The van der Waals surface area contributed by atoms with Gasteiger partial charge >= 0.3 is 0 Å². The van der Waals surface area contributed by atoms with Crippen molar-refractivity contribution in [3.05, 3.63) is 104 Å². The van der Waals surface area contributed by atoms with E-state index in [0.29, 0.717) is 17.9 Å². The van der Waals surface area contributed by atoms with Gasteiger partial charge in [0.2, 0.25) is 5.95 Å². The molecule has 0 unspecified atom stereocenters. The summed E-state index contributed by atoms with van der Waals surface area (Å²) in [7, 11) is 0. The first-order valence-electron chi connectivity index (χ1n) is 11.0. The fourth-order valence-corrected chi connectivity index (χ4v) is 5.53. The number of hydrogen-bond donors (Lipinski definition) is 1. The number of anilines is 1. The number of para-hydroxylation sites is 1. The van der Waals surface area contributed by atoms with Crippen LogP contribution in [-0.4, -0.2) is 19.9 Å². The number of benzene rings is 1. The van der Waals surface area contributed by atoms with Gasteiger partial charge in [-0.1, -0.05) is 25.1 Å². The van der Waals surface area contributed by atoms with E-state index in [1.807, 2.05) is 42.5 Å². The highest BCUT2D eigenvalue weighted by Gasteiger charge is 2.37. The predicted octanol–water partition coefficient (Wildman–Crippen LogP) is 5.11. The number of H-pyrrole nitrogens is 1. The van der Waals surface area contributed by atoms with Gasteiger partial charge in [-0.2, -0.15) is 0 Å². The van der Waals surface area contributed by atoms with Crippen LogP contribution in [0, 0.1) is 0 Å². The molecule has 0 radical (unpaired) electrons. The van der Waals surface area contributed by atoms with Crippen molar-refractivity contribution in [2.75, 3.05) is 4.90 Å². The zero-order valence-corrected chi connectivity index (χ0v) is 18.8. The minimum absolute atomic E-state index is 0.0734. The van der Waals surface area contributed by atoms with E-state index in [1.54, 1.807) is 29.9 Å². The molecule has 1 aliphatic rings. The van der Waals surface area contributed by atoms with E-state index in [-0.39, 0.29) is 11.5 Å². The maximum atomic E-state index is 13.4. The molecule has 5 heterocycles. The molecule has 4 aromatic heterocycles. The summed E-state index contributed by atoms with van der Waals surface area (Å²) in [5.74, 6) is 0.596. The fraction of sp³-hybridized carbons (Fsp3) is 0.154. The summed E-state index contributed by atoms with van der Waals surface area (Å²) < 4.78 is 0. The van der Waals surface area contributed by atoms with E-state index in [1.165, 1.54) is 9.75 Å². The molecule has 0 aliphatic carbocycles. The number of fused-ring (bicyclic) bond motifs is 2. The maximum absolute atomic E-state index is 13.4. The summed E-state index contributed by atoms with van der Waals surface area (Å²) >= 11 is 1.77. The summed E-state index contributed by atoms with van der Waals surface area (Å²) in [5, 5.41) is 0.712. The van der Waals surface area contributed by atoms with E-state index >= 15 is 0 Å². The van der Waals surface area contributed by atoms with Crippen LogP contribution >= 0.6 is 11.3 Å². The van der Waals surface area contributed by atoms with Crippen molar-refractivity contribution in [2.45, 2.75) is 25.9 Å². The number of nitrogens with one attached hydrogen (secondary N) is 1. The molecule has 0 fully saturated rings. The Morgan fingerprint density at radius 1 is 1.03 bits per heavy atom. The first-order chi connectivity index (χ1) is 16.2. The lowest BCUT2D eigenvalue weighted by Crippen LogP contribution is -2.24. The van der Waals surface area contributed by atoms with Crippen LogP contribution in [0.15, 0.2) is 78.0 Å². The van der Waals surface area contributed by atoms with Crippen LogP contribution < -0.4 is 10.3 Å². The van der Waals surface area contributed by atoms with Crippen molar-refractivity contribution >= 4 is 28.2 Å². The van der Waals surface area contributed by atoms with E-state index in [2.05, 4.69) is 43.9 Å². The number of hydrogen-bond acceptors (Lipinski definition) is 6. The number of nitrogens with zero attached hydrogens (tertiary/aromatic N) is 4. The number of aromatic nitrogens is 4. The summed E-state index contributed by atoms with van der Waals surface area (Å²) in [6.45, 7) is 2.62. The molecule has 6 rings (SSSR count). The molecule has 0 amide bonds. The van der Waals surface area contributed by atoms with Crippen molar-refractivity contribution in [2.24, 2.45) is 0 Å². The SMILES string of the molecule is CCc1ccc([C@@H]2c3[nH]c4ccccc4c(=O)c3CN2c2ncc(-c3ccccn3)cn2)s1. The molecule has 1 N–H and O–H groups in total. The smallest absolute Gasteiger partial charge is 0.226 e. The summed E-state index contributed by atoms with van der Waals surface area (Å²) in [6, 6.07) is 17.7. The lowest BCUT2D eigenvalue weighted by Gasteiger charge is -2.24. The molecule has 162 valence electrons. The zero-order chi connectivity index (χ0) is 22.4. The third-order valence-corrected chi connectivity index (χ3v) is 7.39. The molecule has 1 atom stereocenters. The number of rotatable bonds is 4.